The van der Waals surface area contributed by atoms with Crippen molar-refractivity contribution in [3.63, 3.8) is 0 Å². The third-order valence-corrected chi connectivity index (χ3v) is 6.37. The lowest BCUT2D eigenvalue weighted by Gasteiger charge is -2.34. The number of H-pyrrole nitrogens is 1. The van der Waals surface area contributed by atoms with Gasteiger partial charge in [0, 0.05) is 5.52 Å². The zero-order chi connectivity index (χ0) is 21.5. The van der Waals surface area contributed by atoms with Crippen LogP contribution >= 0.6 is 0 Å². The number of pyridine rings is 1. The van der Waals surface area contributed by atoms with Crippen LogP contribution in [0.1, 0.15) is 70.5 Å². The number of aromatic nitrogens is 5. The quantitative estimate of drug-likeness (QED) is 0.692. The number of quaternary nitrogens is 1. The molecule has 160 valence electrons. The molecule has 0 spiro atoms. The predicted molar refractivity (Wildman–Crippen MR) is 118 cm³/mol. The van der Waals surface area contributed by atoms with Crippen LogP contribution in [0, 0.1) is 5.92 Å². The van der Waals surface area contributed by atoms with Crippen LogP contribution in [-0.4, -0.2) is 38.3 Å². The molecular weight excluding hydrogens is 376 g/mol. The Kier molecular flexibility index (Phi) is 5.49. The van der Waals surface area contributed by atoms with Crippen LogP contribution in [0.5, 0.6) is 0 Å². The first kappa shape index (κ1) is 20.7. The summed E-state index contributed by atoms with van der Waals surface area (Å²) in [6.45, 7) is 12.7. The SMILES string of the molecule is CCc1ccc2[nH]c(=O)c([C@H](c3nnnn3C(C)(C)C)[NH+]3CCC(C)CC3)cc2c1. The number of piperidine rings is 1. The number of rotatable bonds is 4. The van der Waals surface area contributed by atoms with E-state index in [1.165, 1.54) is 10.5 Å². The third kappa shape index (κ3) is 3.90. The van der Waals surface area contributed by atoms with Crippen molar-refractivity contribution >= 4 is 10.9 Å². The van der Waals surface area contributed by atoms with Gasteiger partial charge in [-0.15, -0.1) is 5.10 Å². The Morgan fingerprint density at radius 1 is 1.23 bits per heavy atom. The van der Waals surface area contributed by atoms with Crippen molar-refractivity contribution in [2.45, 2.75) is 65.5 Å². The van der Waals surface area contributed by atoms with E-state index >= 15 is 0 Å². The van der Waals surface area contributed by atoms with E-state index in [9.17, 15) is 4.79 Å². The van der Waals surface area contributed by atoms with E-state index < -0.39 is 0 Å². The fourth-order valence-corrected chi connectivity index (χ4v) is 4.52. The first-order valence-electron chi connectivity index (χ1n) is 11.1. The minimum Gasteiger partial charge on any atom is -0.322 e. The Balaban J connectivity index is 1.89. The van der Waals surface area contributed by atoms with Crippen molar-refractivity contribution < 1.29 is 4.90 Å². The molecule has 0 unspecified atom stereocenters. The van der Waals surface area contributed by atoms with E-state index in [0.29, 0.717) is 0 Å². The fraction of sp³-hybridized carbons (Fsp3) is 0.565. The van der Waals surface area contributed by atoms with Crippen LogP contribution in [0.15, 0.2) is 29.1 Å². The number of aromatic amines is 1. The number of fused-ring (bicyclic) bond motifs is 1. The second-order valence-electron chi connectivity index (χ2n) is 9.72. The van der Waals surface area contributed by atoms with Crippen molar-refractivity contribution in [1.82, 2.24) is 25.2 Å². The van der Waals surface area contributed by atoms with Crippen molar-refractivity contribution in [3.05, 3.63) is 51.6 Å². The molecule has 1 aliphatic rings. The molecular formula is C23H33N6O+. The van der Waals surface area contributed by atoms with Crippen LogP contribution in [-0.2, 0) is 12.0 Å². The molecule has 0 bridgehead atoms. The van der Waals surface area contributed by atoms with Crippen LogP contribution in [0.25, 0.3) is 10.9 Å². The Hall–Kier alpha value is -2.54. The van der Waals surface area contributed by atoms with Crippen LogP contribution in [0.4, 0.5) is 0 Å². The molecule has 30 heavy (non-hydrogen) atoms. The van der Waals surface area contributed by atoms with Gasteiger partial charge in [-0.25, -0.2) is 4.68 Å². The fourth-order valence-electron chi connectivity index (χ4n) is 4.52. The summed E-state index contributed by atoms with van der Waals surface area (Å²) >= 11 is 0. The van der Waals surface area contributed by atoms with Crippen molar-refractivity contribution in [1.29, 1.82) is 0 Å². The summed E-state index contributed by atoms with van der Waals surface area (Å²) in [7, 11) is 0. The number of benzene rings is 1. The maximum atomic E-state index is 13.2. The second-order valence-corrected chi connectivity index (χ2v) is 9.72. The van der Waals surface area contributed by atoms with Gasteiger partial charge in [-0.05, 0) is 85.5 Å². The van der Waals surface area contributed by atoms with Crippen LogP contribution in [0.3, 0.4) is 0 Å². The largest absolute Gasteiger partial charge is 0.322 e. The van der Waals surface area contributed by atoms with Gasteiger partial charge in [-0.3, -0.25) is 4.79 Å². The van der Waals surface area contributed by atoms with E-state index in [-0.39, 0.29) is 17.1 Å². The predicted octanol–water partition coefficient (Wildman–Crippen LogP) is 2.24. The van der Waals surface area contributed by atoms with Crippen molar-refractivity contribution in [2.75, 3.05) is 13.1 Å². The average molecular weight is 410 g/mol. The summed E-state index contributed by atoms with van der Waals surface area (Å²) in [6, 6.07) is 8.12. The average Bonchev–Trinajstić information content (AvgIpc) is 3.19. The van der Waals surface area contributed by atoms with E-state index in [2.05, 4.69) is 73.3 Å². The number of hydrogen-bond acceptors (Lipinski definition) is 4. The van der Waals surface area contributed by atoms with Crippen LogP contribution in [0.2, 0.25) is 0 Å². The van der Waals surface area contributed by atoms with Gasteiger partial charge < -0.3 is 9.88 Å². The normalized spacial score (nSPS) is 21.1. The summed E-state index contributed by atoms with van der Waals surface area (Å²) in [4.78, 5) is 17.7. The Bertz CT molecular complexity index is 1090. The lowest BCUT2D eigenvalue weighted by atomic mass is 9.94. The number of aryl methyl sites for hydroxylation is 1. The van der Waals surface area contributed by atoms with Gasteiger partial charge >= 0.3 is 0 Å². The zero-order valence-corrected chi connectivity index (χ0v) is 18.7. The smallest absolute Gasteiger partial charge is 0.258 e. The first-order valence-corrected chi connectivity index (χ1v) is 11.1. The number of nitrogens with one attached hydrogen (secondary N) is 2. The zero-order valence-electron chi connectivity index (χ0n) is 18.7. The highest BCUT2D eigenvalue weighted by Gasteiger charge is 2.37. The molecule has 7 nitrogen and oxygen atoms in total. The van der Waals surface area contributed by atoms with Gasteiger partial charge in [0.25, 0.3) is 5.56 Å². The monoisotopic (exact) mass is 409 g/mol. The third-order valence-electron chi connectivity index (χ3n) is 6.37. The summed E-state index contributed by atoms with van der Waals surface area (Å²) in [6.07, 6.45) is 3.26. The molecule has 0 saturated carbocycles. The van der Waals surface area contributed by atoms with Gasteiger partial charge in [0.1, 0.15) is 0 Å². The van der Waals surface area contributed by atoms with Gasteiger partial charge in [0.15, 0.2) is 6.04 Å². The summed E-state index contributed by atoms with van der Waals surface area (Å²) in [5, 5.41) is 13.8. The maximum Gasteiger partial charge on any atom is 0.258 e. The van der Waals surface area contributed by atoms with Crippen molar-refractivity contribution in [2.24, 2.45) is 5.92 Å². The minimum absolute atomic E-state index is 0.0497. The highest BCUT2D eigenvalue weighted by atomic mass is 16.1. The van der Waals surface area contributed by atoms with E-state index in [0.717, 1.165) is 60.6 Å². The molecule has 3 aromatic rings. The molecule has 2 aromatic heterocycles. The van der Waals surface area contributed by atoms with E-state index in [4.69, 9.17) is 0 Å². The highest BCUT2D eigenvalue weighted by Crippen LogP contribution is 2.24. The molecule has 3 heterocycles. The summed E-state index contributed by atoms with van der Waals surface area (Å²) in [5.41, 5.74) is 2.57. The summed E-state index contributed by atoms with van der Waals surface area (Å²) < 4.78 is 1.88. The van der Waals surface area contributed by atoms with Crippen LogP contribution < -0.4 is 10.5 Å². The Labute approximate surface area is 177 Å². The summed E-state index contributed by atoms with van der Waals surface area (Å²) in [5.74, 6) is 1.48. The number of tetrazole rings is 1. The molecule has 0 aliphatic carbocycles. The Morgan fingerprint density at radius 3 is 2.63 bits per heavy atom. The minimum atomic E-state index is -0.265. The number of hydrogen-bond donors (Lipinski definition) is 2. The van der Waals surface area contributed by atoms with Gasteiger partial charge in [0.2, 0.25) is 5.82 Å². The molecule has 0 radical (unpaired) electrons. The molecule has 1 saturated heterocycles. The number of nitrogens with zero attached hydrogens (tertiary/aromatic N) is 4. The van der Waals surface area contributed by atoms with Gasteiger partial charge in [-0.1, -0.05) is 19.9 Å². The number of likely N-dealkylation sites (tertiary alicyclic amines) is 1. The molecule has 1 aromatic carbocycles. The van der Waals surface area contributed by atoms with Crippen molar-refractivity contribution in [3.8, 4) is 0 Å². The highest BCUT2D eigenvalue weighted by molar-refractivity contribution is 5.79. The molecule has 2 N–H and O–H groups in total. The maximum absolute atomic E-state index is 13.2. The molecule has 4 rings (SSSR count). The van der Waals surface area contributed by atoms with Gasteiger partial charge in [0.05, 0.1) is 24.2 Å². The topological polar surface area (TPSA) is 80.9 Å². The van der Waals surface area contributed by atoms with E-state index in [1.54, 1.807) is 0 Å². The molecule has 1 fully saturated rings. The molecule has 0 amide bonds. The standard InChI is InChI=1S/C23H32N6O/c1-6-16-7-8-19-17(13-16)14-18(22(30)24-19)20(28-11-9-15(2)10-12-28)21-25-26-27-29(21)23(3,4)5/h7-8,13-15,20H,6,9-12H2,1-5H3,(H,24,30)/p+1/t20-/m1/s1. The lowest BCUT2D eigenvalue weighted by molar-refractivity contribution is -0.932. The van der Waals surface area contributed by atoms with Gasteiger partial charge in [-0.2, -0.15) is 0 Å². The molecule has 1 atom stereocenters. The lowest BCUT2D eigenvalue weighted by Crippen LogP contribution is -3.13. The second kappa shape index (κ2) is 7.95. The first-order chi connectivity index (χ1) is 14.3. The molecule has 7 heteroatoms. The molecule has 1 aliphatic heterocycles. The Morgan fingerprint density at radius 2 is 1.97 bits per heavy atom. The van der Waals surface area contributed by atoms with E-state index in [1.807, 2.05) is 10.7 Å².